The molecule has 20 heavy (non-hydrogen) atoms. The van der Waals surface area contributed by atoms with Crippen LogP contribution in [0.4, 0.5) is 10.1 Å². The standard InChI is InChI=1S/C15H10FN3O/c16-11-2-4-12(5-3-11)19-15(20)10-1-6-13-14(9-10)18-8-7-17-13/h1-9H,(H,19,20). The topological polar surface area (TPSA) is 54.9 Å². The van der Waals surface area contributed by atoms with Gasteiger partial charge < -0.3 is 5.32 Å². The molecule has 0 spiro atoms. The number of aromatic nitrogens is 2. The zero-order valence-electron chi connectivity index (χ0n) is 10.4. The number of carbonyl (C=O) groups is 1. The number of nitrogens with zero attached hydrogens (tertiary/aromatic N) is 2. The Labute approximate surface area is 114 Å². The molecule has 3 rings (SSSR count). The van der Waals surface area contributed by atoms with Crippen molar-refractivity contribution in [1.29, 1.82) is 0 Å². The van der Waals surface area contributed by atoms with Crippen molar-refractivity contribution in [1.82, 2.24) is 9.97 Å². The number of anilines is 1. The van der Waals surface area contributed by atoms with Crippen LogP contribution in [0.5, 0.6) is 0 Å². The lowest BCUT2D eigenvalue weighted by atomic mass is 10.1. The fraction of sp³-hybridized carbons (Fsp3) is 0. The molecule has 0 saturated carbocycles. The van der Waals surface area contributed by atoms with Gasteiger partial charge in [-0.05, 0) is 42.5 Å². The first kappa shape index (κ1) is 12.2. The maximum absolute atomic E-state index is 12.8. The molecule has 1 heterocycles. The molecule has 0 aliphatic rings. The summed E-state index contributed by atoms with van der Waals surface area (Å²) in [6.07, 6.45) is 3.17. The van der Waals surface area contributed by atoms with Crippen LogP contribution in [0.3, 0.4) is 0 Å². The Kier molecular flexibility index (Phi) is 3.09. The lowest BCUT2D eigenvalue weighted by molar-refractivity contribution is 0.102. The highest BCUT2D eigenvalue weighted by Crippen LogP contribution is 2.14. The summed E-state index contributed by atoms with van der Waals surface area (Å²) in [6.45, 7) is 0. The fourth-order valence-electron chi connectivity index (χ4n) is 1.84. The van der Waals surface area contributed by atoms with Gasteiger partial charge in [-0.1, -0.05) is 0 Å². The Bertz CT molecular complexity index is 771. The molecule has 98 valence electrons. The van der Waals surface area contributed by atoms with E-state index in [4.69, 9.17) is 0 Å². The van der Waals surface area contributed by atoms with Crippen molar-refractivity contribution >= 4 is 22.6 Å². The third-order valence-corrected chi connectivity index (χ3v) is 2.83. The molecule has 0 radical (unpaired) electrons. The largest absolute Gasteiger partial charge is 0.322 e. The second kappa shape index (κ2) is 5.05. The van der Waals surface area contributed by atoms with Gasteiger partial charge in [0.2, 0.25) is 0 Å². The molecular formula is C15H10FN3O. The number of carbonyl (C=O) groups excluding carboxylic acids is 1. The zero-order chi connectivity index (χ0) is 13.9. The lowest BCUT2D eigenvalue weighted by Gasteiger charge is -2.05. The smallest absolute Gasteiger partial charge is 0.255 e. The molecule has 0 fully saturated rings. The van der Waals surface area contributed by atoms with E-state index in [-0.39, 0.29) is 11.7 Å². The highest BCUT2D eigenvalue weighted by atomic mass is 19.1. The van der Waals surface area contributed by atoms with Gasteiger partial charge in [-0.3, -0.25) is 14.8 Å². The second-order valence-corrected chi connectivity index (χ2v) is 4.22. The van der Waals surface area contributed by atoms with Gasteiger partial charge in [-0.25, -0.2) is 4.39 Å². The third kappa shape index (κ3) is 2.47. The van der Waals surface area contributed by atoms with Gasteiger partial charge in [0.1, 0.15) is 5.82 Å². The minimum atomic E-state index is -0.344. The third-order valence-electron chi connectivity index (χ3n) is 2.83. The summed E-state index contributed by atoms with van der Waals surface area (Å²) in [4.78, 5) is 20.4. The van der Waals surface area contributed by atoms with E-state index >= 15 is 0 Å². The SMILES string of the molecule is O=C(Nc1ccc(F)cc1)c1ccc2nccnc2c1. The summed E-state index contributed by atoms with van der Waals surface area (Å²) < 4.78 is 12.8. The van der Waals surface area contributed by atoms with Gasteiger partial charge in [-0.2, -0.15) is 0 Å². The first-order valence-electron chi connectivity index (χ1n) is 6.00. The highest BCUT2D eigenvalue weighted by molar-refractivity contribution is 6.05. The van der Waals surface area contributed by atoms with Crippen molar-refractivity contribution < 1.29 is 9.18 Å². The summed E-state index contributed by atoms with van der Waals surface area (Å²) >= 11 is 0. The summed E-state index contributed by atoms with van der Waals surface area (Å²) in [7, 11) is 0. The van der Waals surface area contributed by atoms with Crippen molar-refractivity contribution in [2.45, 2.75) is 0 Å². The van der Waals surface area contributed by atoms with E-state index in [1.54, 1.807) is 30.6 Å². The van der Waals surface area contributed by atoms with Crippen molar-refractivity contribution in [3.8, 4) is 0 Å². The number of fused-ring (bicyclic) bond motifs is 1. The second-order valence-electron chi connectivity index (χ2n) is 4.22. The van der Waals surface area contributed by atoms with Crippen molar-refractivity contribution in [2.75, 3.05) is 5.32 Å². The summed E-state index contributed by atoms with van der Waals surface area (Å²) in [5, 5.41) is 2.70. The van der Waals surface area contributed by atoms with Gasteiger partial charge in [0.25, 0.3) is 5.91 Å². The van der Waals surface area contributed by atoms with E-state index in [1.165, 1.54) is 24.3 Å². The minimum Gasteiger partial charge on any atom is -0.322 e. The molecule has 0 unspecified atom stereocenters. The molecule has 1 N–H and O–H groups in total. The average molecular weight is 267 g/mol. The molecular weight excluding hydrogens is 257 g/mol. The molecule has 5 heteroatoms. The molecule has 0 atom stereocenters. The highest BCUT2D eigenvalue weighted by Gasteiger charge is 2.07. The Morgan fingerprint density at radius 2 is 1.65 bits per heavy atom. The first-order valence-corrected chi connectivity index (χ1v) is 6.00. The molecule has 0 aliphatic carbocycles. The van der Waals surface area contributed by atoms with E-state index in [1.807, 2.05) is 0 Å². The Morgan fingerprint density at radius 3 is 2.40 bits per heavy atom. The average Bonchev–Trinajstić information content (AvgIpc) is 2.49. The Hall–Kier alpha value is -2.82. The summed E-state index contributed by atoms with van der Waals surface area (Å²) in [6, 6.07) is 10.7. The van der Waals surface area contributed by atoms with E-state index in [2.05, 4.69) is 15.3 Å². The van der Waals surface area contributed by atoms with Gasteiger partial charge in [0.15, 0.2) is 0 Å². The maximum Gasteiger partial charge on any atom is 0.255 e. The van der Waals surface area contributed by atoms with Crippen LogP contribution in [0, 0.1) is 5.82 Å². The van der Waals surface area contributed by atoms with E-state index < -0.39 is 0 Å². The lowest BCUT2D eigenvalue weighted by Crippen LogP contribution is -2.11. The molecule has 0 saturated heterocycles. The van der Waals surface area contributed by atoms with Gasteiger partial charge in [-0.15, -0.1) is 0 Å². The number of halogens is 1. The molecule has 4 nitrogen and oxygen atoms in total. The van der Waals surface area contributed by atoms with Gasteiger partial charge in [0, 0.05) is 23.6 Å². The van der Waals surface area contributed by atoms with Crippen LogP contribution < -0.4 is 5.32 Å². The van der Waals surface area contributed by atoms with Crippen LogP contribution in [0.15, 0.2) is 54.9 Å². The Morgan fingerprint density at radius 1 is 0.950 bits per heavy atom. The fourth-order valence-corrected chi connectivity index (χ4v) is 1.84. The molecule has 1 amide bonds. The number of hydrogen-bond acceptors (Lipinski definition) is 3. The summed E-state index contributed by atoms with van der Waals surface area (Å²) in [5.41, 5.74) is 2.39. The predicted octanol–water partition coefficient (Wildman–Crippen LogP) is 3.02. The van der Waals surface area contributed by atoms with Crippen LogP contribution >= 0.6 is 0 Å². The molecule has 0 bridgehead atoms. The summed E-state index contributed by atoms with van der Waals surface area (Å²) in [5.74, 6) is -0.617. The van der Waals surface area contributed by atoms with Crippen LogP contribution in [-0.2, 0) is 0 Å². The monoisotopic (exact) mass is 267 g/mol. The van der Waals surface area contributed by atoms with Crippen LogP contribution in [0.25, 0.3) is 11.0 Å². The van der Waals surface area contributed by atoms with Crippen molar-refractivity contribution in [2.24, 2.45) is 0 Å². The molecule has 3 aromatic rings. The molecule has 2 aromatic carbocycles. The number of hydrogen-bond donors (Lipinski definition) is 1. The Balaban J connectivity index is 1.86. The number of rotatable bonds is 2. The number of nitrogens with one attached hydrogen (secondary N) is 1. The van der Waals surface area contributed by atoms with Crippen molar-refractivity contribution in [3.05, 3.63) is 66.2 Å². The normalized spacial score (nSPS) is 10.4. The van der Waals surface area contributed by atoms with Crippen LogP contribution in [-0.4, -0.2) is 15.9 Å². The van der Waals surface area contributed by atoms with E-state index in [0.717, 1.165) is 5.52 Å². The van der Waals surface area contributed by atoms with Crippen molar-refractivity contribution in [3.63, 3.8) is 0 Å². The molecule has 1 aromatic heterocycles. The van der Waals surface area contributed by atoms with Gasteiger partial charge in [0.05, 0.1) is 11.0 Å². The zero-order valence-corrected chi connectivity index (χ0v) is 10.4. The quantitative estimate of drug-likeness (QED) is 0.776. The van der Waals surface area contributed by atoms with E-state index in [0.29, 0.717) is 16.8 Å². The first-order chi connectivity index (χ1) is 9.72. The maximum atomic E-state index is 12.8. The number of benzene rings is 2. The minimum absolute atomic E-state index is 0.274. The predicted molar refractivity (Wildman–Crippen MR) is 73.9 cm³/mol. The van der Waals surface area contributed by atoms with Crippen LogP contribution in [0.2, 0.25) is 0 Å². The van der Waals surface area contributed by atoms with E-state index in [9.17, 15) is 9.18 Å². The molecule has 0 aliphatic heterocycles. The van der Waals surface area contributed by atoms with Gasteiger partial charge >= 0.3 is 0 Å². The van der Waals surface area contributed by atoms with Crippen LogP contribution in [0.1, 0.15) is 10.4 Å². The number of amides is 1.